The minimum Gasteiger partial charge on any atom is -0.472 e. The summed E-state index contributed by atoms with van der Waals surface area (Å²) in [5.74, 6) is 2.44. The monoisotopic (exact) mass is 930 g/mol. The van der Waals surface area contributed by atoms with E-state index >= 15 is 0 Å². The first-order valence-corrected chi connectivity index (χ1v) is 24.3. The average Bonchev–Trinajstić information content (AvgIpc) is 3.63. The van der Waals surface area contributed by atoms with Crippen molar-refractivity contribution in [2.24, 2.45) is 10.8 Å². The van der Waals surface area contributed by atoms with E-state index in [0.29, 0.717) is 43.5 Å². The Balaban J connectivity index is 1.05. The maximum Gasteiger partial charge on any atom is 0.416 e. The molecule has 70 heavy (non-hydrogen) atoms. The van der Waals surface area contributed by atoms with Gasteiger partial charge in [-0.2, -0.15) is 13.2 Å². The van der Waals surface area contributed by atoms with Crippen molar-refractivity contribution in [1.29, 1.82) is 0 Å². The van der Waals surface area contributed by atoms with Crippen LogP contribution in [0.15, 0.2) is 158 Å². The molecule has 12 rings (SSSR count). The Labute approximate surface area is 406 Å². The SMILES string of the molecule is CC1(C)CC(C)(C)CC2(C1)c1cc(C(F)(F)F)ccc1-c1c2c2c(c3ccccc13)OC(c1ccc(-c3nc(-c4ccccc4)nc(-c4ccccc4)n3)cc1)(c1ccc(N3CCOCC3)cc1)C=C2. The van der Waals surface area contributed by atoms with Crippen molar-refractivity contribution in [3.63, 3.8) is 0 Å². The number of rotatable bonds is 6. The standard InChI is InChI=1S/C61H53F3N4O2/c1-57(2)36-58(3,4)38-59(37-57)50-35-44(61(62,63)64)25-28-48(50)51-46-17-11-12-18-47(46)53-49(52(51)59)29-30-60(70-53,43-23-26-45(27-24-43)68-31-33-69-34-32-68)42-21-19-41(20-22-42)56-66-54(39-13-7-5-8-14-39)65-55(67-56)40-15-9-6-10-16-40/h5-30,35H,31-34,36-38H2,1-4H3. The van der Waals surface area contributed by atoms with Gasteiger partial charge in [0.15, 0.2) is 23.1 Å². The van der Waals surface area contributed by atoms with Gasteiger partial charge in [0.1, 0.15) is 5.75 Å². The molecule has 350 valence electrons. The van der Waals surface area contributed by atoms with Crippen molar-refractivity contribution in [2.45, 2.75) is 64.1 Å². The second-order valence-electron chi connectivity index (χ2n) is 21.2. The zero-order valence-electron chi connectivity index (χ0n) is 39.8. The highest BCUT2D eigenvalue weighted by Crippen LogP contribution is 2.67. The van der Waals surface area contributed by atoms with Gasteiger partial charge in [-0.05, 0) is 88.1 Å². The highest BCUT2D eigenvalue weighted by Gasteiger charge is 2.56. The zero-order valence-corrected chi connectivity index (χ0v) is 39.8. The van der Waals surface area contributed by atoms with Gasteiger partial charge in [-0.25, -0.2) is 15.0 Å². The molecule has 1 aromatic heterocycles. The summed E-state index contributed by atoms with van der Waals surface area (Å²) in [6.45, 7) is 12.1. The molecular formula is C61H53F3N4O2. The molecule has 6 nitrogen and oxygen atoms in total. The highest BCUT2D eigenvalue weighted by atomic mass is 19.4. The first kappa shape index (κ1) is 44.1. The quantitative estimate of drug-likeness (QED) is 0.166. The maximum absolute atomic E-state index is 14.8. The molecule has 0 N–H and O–H groups in total. The molecule has 1 saturated heterocycles. The molecule has 1 atom stereocenters. The van der Waals surface area contributed by atoms with Crippen LogP contribution in [0.4, 0.5) is 18.9 Å². The Hall–Kier alpha value is -7.10. The maximum atomic E-state index is 14.8. The van der Waals surface area contributed by atoms with Crippen molar-refractivity contribution in [3.8, 4) is 51.0 Å². The molecule has 1 saturated carbocycles. The van der Waals surface area contributed by atoms with Crippen LogP contribution in [0.5, 0.6) is 5.75 Å². The van der Waals surface area contributed by atoms with Crippen LogP contribution in [0.1, 0.15) is 80.3 Å². The molecule has 2 fully saturated rings. The minimum atomic E-state index is -4.49. The summed E-state index contributed by atoms with van der Waals surface area (Å²) in [5.41, 5.74) is 7.44. The van der Waals surface area contributed by atoms with E-state index in [2.05, 4.69) is 105 Å². The molecule has 0 bridgehead atoms. The Kier molecular flexibility index (Phi) is 10.2. The summed E-state index contributed by atoms with van der Waals surface area (Å²) in [7, 11) is 0. The Morgan fingerprint density at radius 2 is 1.10 bits per heavy atom. The van der Waals surface area contributed by atoms with Gasteiger partial charge < -0.3 is 14.4 Å². The van der Waals surface area contributed by atoms with Crippen LogP contribution in [0.2, 0.25) is 0 Å². The smallest absolute Gasteiger partial charge is 0.416 e. The number of anilines is 1. The Morgan fingerprint density at radius 1 is 0.571 bits per heavy atom. The zero-order chi connectivity index (χ0) is 48.0. The second kappa shape index (κ2) is 16.2. The third kappa shape index (κ3) is 7.39. The van der Waals surface area contributed by atoms with Gasteiger partial charge in [0.25, 0.3) is 0 Å². The lowest BCUT2D eigenvalue weighted by molar-refractivity contribution is -0.137. The van der Waals surface area contributed by atoms with Gasteiger partial charge in [0, 0.05) is 63.0 Å². The van der Waals surface area contributed by atoms with E-state index < -0.39 is 22.8 Å². The van der Waals surface area contributed by atoms with E-state index in [4.69, 9.17) is 24.4 Å². The van der Waals surface area contributed by atoms with Crippen LogP contribution >= 0.6 is 0 Å². The van der Waals surface area contributed by atoms with Gasteiger partial charge in [0.05, 0.1) is 18.8 Å². The van der Waals surface area contributed by atoms with Gasteiger partial charge in [-0.3, -0.25) is 0 Å². The van der Waals surface area contributed by atoms with E-state index in [0.717, 1.165) is 97.4 Å². The third-order valence-corrected chi connectivity index (χ3v) is 15.0. The minimum absolute atomic E-state index is 0.164. The van der Waals surface area contributed by atoms with Crippen molar-refractivity contribution in [1.82, 2.24) is 15.0 Å². The fourth-order valence-corrected chi connectivity index (χ4v) is 12.8. The topological polar surface area (TPSA) is 60.4 Å². The molecule has 7 aromatic carbocycles. The first-order valence-electron chi connectivity index (χ1n) is 24.3. The molecular weight excluding hydrogens is 878 g/mol. The van der Waals surface area contributed by atoms with Crippen LogP contribution in [0, 0.1) is 10.8 Å². The molecule has 1 spiro atoms. The molecule has 1 unspecified atom stereocenters. The summed E-state index contributed by atoms with van der Waals surface area (Å²) in [5, 5.41) is 1.88. The van der Waals surface area contributed by atoms with Crippen LogP contribution in [0.3, 0.4) is 0 Å². The number of benzene rings is 7. The number of fused-ring (bicyclic) bond motifs is 10. The summed E-state index contributed by atoms with van der Waals surface area (Å²) >= 11 is 0. The number of hydrogen-bond acceptors (Lipinski definition) is 6. The third-order valence-electron chi connectivity index (χ3n) is 15.0. The molecule has 0 radical (unpaired) electrons. The lowest BCUT2D eigenvalue weighted by Crippen LogP contribution is -2.44. The van der Waals surface area contributed by atoms with Gasteiger partial charge in [0.2, 0.25) is 0 Å². The van der Waals surface area contributed by atoms with Crippen molar-refractivity contribution in [3.05, 3.63) is 191 Å². The first-order chi connectivity index (χ1) is 33.7. The fourth-order valence-electron chi connectivity index (χ4n) is 12.8. The molecule has 4 aliphatic rings. The number of ether oxygens (including phenoxy) is 2. The van der Waals surface area contributed by atoms with Crippen LogP contribution in [-0.2, 0) is 21.9 Å². The molecule has 8 aromatic rings. The highest BCUT2D eigenvalue weighted by molar-refractivity contribution is 6.08. The summed E-state index contributed by atoms with van der Waals surface area (Å²) in [6.07, 6.45) is 2.26. The van der Waals surface area contributed by atoms with Crippen molar-refractivity contribution in [2.75, 3.05) is 31.2 Å². The molecule has 2 aliphatic carbocycles. The van der Waals surface area contributed by atoms with Crippen LogP contribution in [0.25, 0.3) is 62.1 Å². The molecule has 0 amide bonds. The van der Waals surface area contributed by atoms with E-state index in [1.54, 1.807) is 6.07 Å². The largest absolute Gasteiger partial charge is 0.472 e. The molecule has 2 aliphatic heterocycles. The van der Waals surface area contributed by atoms with Gasteiger partial charge in [-0.15, -0.1) is 0 Å². The van der Waals surface area contributed by atoms with Gasteiger partial charge in [-0.1, -0.05) is 161 Å². The summed E-state index contributed by atoms with van der Waals surface area (Å²) in [6, 6.07) is 49.6. The average molecular weight is 931 g/mol. The Morgan fingerprint density at radius 3 is 1.67 bits per heavy atom. The van der Waals surface area contributed by atoms with E-state index in [1.165, 1.54) is 12.1 Å². The van der Waals surface area contributed by atoms with E-state index in [-0.39, 0.29) is 10.8 Å². The van der Waals surface area contributed by atoms with Crippen molar-refractivity contribution < 1.29 is 22.6 Å². The number of morpholine rings is 1. The lowest BCUT2D eigenvalue weighted by atomic mass is 9.52. The molecule has 3 heterocycles. The number of aromatic nitrogens is 3. The predicted octanol–water partition coefficient (Wildman–Crippen LogP) is 14.7. The Bertz CT molecular complexity index is 3270. The lowest BCUT2D eigenvalue weighted by Gasteiger charge is -2.52. The second-order valence-corrected chi connectivity index (χ2v) is 21.2. The summed E-state index contributed by atoms with van der Waals surface area (Å²) in [4.78, 5) is 17.3. The predicted molar refractivity (Wildman–Crippen MR) is 273 cm³/mol. The normalized spacial score (nSPS) is 19.6. The number of hydrogen-bond donors (Lipinski definition) is 0. The van der Waals surface area contributed by atoms with E-state index in [1.807, 2.05) is 72.8 Å². The summed E-state index contributed by atoms with van der Waals surface area (Å²) < 4.78 is 57.7. The number of alkyl halides is 3. The van der Waals surface area contributed by atoms with Gasteiger partial charge >= 0.3 is 6.18 Å². The van der Waals surface area contributed by atoms with E-state index in [9.17, 15) is 13.2 Å². The fraction of sp³-hybridized carbons (Fsp3) is 0.262. The number of nitrogens with zero attached hydrogens (tertiary/aromatic N) is 4. The number of halogens is 3. The van der Waals surface area contributed by atoms with Crippen LogP contribution in [-0.4, -0.2) is 41.3 Å². The molecule has 9 heteroatoms. The van der Waals surface area contributed by atoms with Crippen molar-refractivity contribution >= 4 is 22.5 Å². The van der Waals surface area contributed by atoms with Crippen LogP contribution < -0.4 is 9.64 Å².